The third kappa shape index (κ3) is 3.05. The van der Waals surface area contributed by atoms with Gasteiger partial charge in [-0.25, -0.2) is 0 Å². The smallest absolute Gasteiger partial charge is 0.305 e. The molecule has 0 aliphatic rings. The number of carboxylic acids is 1. The molecular weight excluding hydrogens is 222 g/mol. The van der Waals surface area contributed by atoms with Crippen molar-refractivity contribution < 1.29 is 14.7 Å². The Hall–Kier alpha value is -1.85. The van der Waals surface area contributed by atoms with Gasteiger partial charge in [-0.2, -0.15) is 5.10 Å². The van der Waals surface area contributed by atoms with Gasteiger partial charge in [0.2, 0.25) is 0 Å². The maximum atomic E-state index is 12.2. The normalized spacial score (nSPS) is 12.2. The Morgan fingerprint density at radius 3 is 2.65 bits per heavy atom. The molecule has 0 spiro atoms. The van der Waals surface area contributed by atoms with Gasteiger partial charge in [-0.1, -0.05) is 0 Å². The predicted molar refractivity (Wildman–Crippen MR) is 61.8 cm³/mol. The Bertz CT molecular complexity index is 414. The van der Waals surface area contributed by atoms with Crippen LogP contribution in [-0.2, 0) is 4.79 Å². The van der Waals surface area contributed by atoms with Crippen LogP contribution in [0.3, 0.4) is 0 Å². The van der Waals surface area contributed by atoms with Crippen LogP contribution in [0.4, 0.5) is 0 Å². The van der Waals surface area contributed by atoms with Gasteiger partial charge in [-0.05, 0) is 20.8 Å². The number of aryl methyl sites for hydroxylation is 1. The molecule has 0 saturated heterocycles. The van der Waals surface area contributed by atoms with Crippen LogP contribution in [0.25, 0.3) is 0 Å². The fraction of sp³-hybridized carbons (Fsp3) is 0.545. The number of aromatic amines is 1. The fourth-order valence-corrected chi connectivity index (χ4v) is 1.74. The number of carbonyl (C=O) groups is 2. The third-order valence-electron chi connectivity index (χ3n) is 2.66. The van der Waals surface area contributed by atoms with Crippen molar-refractivity contribution in [2.45, 2.75) is 33.2 Å². The summed E-state index contributed by atoms with van der Waals surface area (Å²) >= 11 is 0. The average molecular weight is 239 g/mol. The van der Waals surface area contributed by atoms with Crippen LogP contribution >= 0.6 is 0 Å². The summed E-state index contributed by atoms with van der Waals surface area (Å²) in [5.74, 6) is -1.10. The zero-order valence-electron chi connectivity index (χ0n) is 10.2. The molecule has 1 rings (SSSR count). The summed E-state index contributed by atoms with van der Waals surface area (Å²) in [6.07, 6.45) is 1.41. The van der Waals surface area contributed by atoms with Crippen LogP contribution in [0, 0.1) is 6.92 Å². The molecule has 1 unspecified atom stereocenters. The molecule has 0 radical (unpaired) electrons. The molecule has 94 valence electrons. The van der Waals surface area contributed by atoms with E-state index in [1.165, 1.54) is 11.1 Å². The summed E-state index contributed by atoms with van der Waals surface area (Å²) in [7, 11) is 0. The van der Waals surface area contributed by atoms with Gasteiger partial charge in [-0.3, -0.25) is 14.7 Å². The lowest BCUT2D eigenvalue weighted by atomic mass is 10.1. The number of carbonyl (C=O) groups excluding carboxylic acids is 1. The van der Waals surface area contributed by atoms with Crippen molar-refractivity contribution in [2.75, 3.05) is 6.54 Å². The Kier molecular flexibility index (Phi) is 4.25. The van der Waals surface area contributed by atoms with E-state index in [0.717, 1.165) is 0 Å². The Labute approximate surface area is 99.6 Å². The molecule has 6 heteroatoms. The average Bonchev–Trinajstić information content (AvgIpc) is 2.64. The number of aromatic nitrogens is 2. The highest BCUT2D eigenvalue weighted by molar-refractivity contribution is 5.95. The lowest BCUT2D eigenvalue weighted by Crippen LogP contribution is -2.39. The van der Waals surface area contributed by atoms with E-state index < -0.39 is 5.97 Å². The van der Waals surface area contributed by atoms with E-state index in [4.69, 9.17) is 5.11 Å². The largest absolute Gasteiger partial charge is 0.481 e. The number of nitrogens with one attached hydrogen (secondary N) is 1. The SMILES string of the molecule is CCN(C(=O)c1cn[nH]c1C)C(C)CC(=O)O. The Morgan fingerprint density at radius 2 is 2.24 bits per heavy atom. The molecular formula is C11H17N3O3. The van der Waals surface area contributed by atoms with Crippen LogP contribution in [0.5, 0.6) is 0 Å². The van der Waals surface area contributed by atoms with E-state index in [0.29, 0.717) is 17.8 Å². The van der Waals surface area contributed by atoms with E-state index in [1.54, 1.807) is 13.8 Å². The molecule has 0 aliphatic carbocycles. The molecule has 1 atom stereocenters. The highest BCUT2D eigenvalue weighted by Gasteiger charge is 2.23. The molecule has 0 aliphatic heterocycles. The predicted octanol–water partition coefficient (Wildman–Crippen LogP) is 1.04. The first-order valence-electron chi connectivity index (χ1n) is 5.50. The van der Waals surface area contributed by atoms with Crippen molar-refractivity contribution in [2.24, 2.45) is 0 Å². The number of hydrogen-bond donors (Lipinski definition) is 2. The molecule has 0 fully saturated rings. The molecule has 17 heavy (non-hydrogen) atoms. The zero-order chi connectivity index (χ0) is 13.0. The molecule has 0 aromatic carbocycles. The molecule has 0 saturated carbocycles. The molecule has 1 heterocycles. The van der Waals surface area contributed by atoms with E-state index in [1.807, 2.05) is 6.92 Å². The maximum absolute atomic E-state index is 12.2. The number of aliphatic carboxylic acids is 1. The molecule has 1 aromatic heterocycles. The van der Waals surface area contributed by atoms with Crippen molar-refractivity contribution >= 4 is 11.9 Å². The minimum Gasteiger partial charge on any atom is -0.481 e. The highest BCUT2D eigenvalue weighted by atomic mass is 16.4. The van der Waals surface area contributed by atoms with Gasteiger partial charge >= 0.3 is 5.97 Å². The monoisotopic (exact) mass is 239 g/mol. The topological polar surface area (TPSA) is 86.3 Å². The van der Waals surface area contributed by atoms with Crippen molar-refractivity contribution in [3.8, 4) is 0 Å². The van der Waals surface area contributed by atoms with Gasteiger partial charge < -0.3 is 10.0 Å². The van der Waals surface area contributed by atoms with E-state index in [-0.39, 0.29) is 18.4 Å². The van der Waals surface area contributed by atoms with Gasteiger partial charge in [0.15, 0.2) is 0 Å². The van der Waals surface area contributed by atoms with Gasteiger partial charge in [0.1, 0.15) is 0 Å². The molecule has 1 amide bonds. The number of amides is 1. The van der Waals surface area contributed by atoms with Gasteiger partial charge in [0, 0.05) is 18.3 Å². The fourth-order valence-electron chi connectivity index (χ4n) is 1.74. The van der Waals surface area contributed by atoms with Crippen molar-refractivity contribution in [1.29, 1.82) is 0 Å². The number of nitrogens with zero attached hydrogens (tertiary/aromatic N) is 2. The summed E-state index contributed by atoms with van der Waals surface area (Å²) in [5, 5.41) is 15.2. The first-order valence-corrected chi connectivity index (χ1v) is 5.50. The highest BCUT2D eigenvalue weighted by Crippen LogP contribution is 2.12. The number of H-pyrrole nitrogens is 1. The second-order valence-electron chi connectivity index (χ2n) is 3.95. The van der Waals surface area contributed by atoms with Gasteiger partial charge in [0.25, 0.3) is 5.91 Å². The van der Waals surface area contributed by atoms with Crippen molar-refractivity contribution in [3.63, 3.8) is 0 Å². The minimum atomic E-state index is -0.910. The Balaban J connectivity index is 2.84. The molecule has 6 nitrogen and oxygen atoms in total. The number of rotatable bonds is 5. The summed E-state index contributed by atoms with van der Waals surface area (Å²) in [4.78, 5) is 24.3. The lowest BCUT2D eigenvalue weighted by Gasteiger charge is -2.26. The van der Waals surface area contributed by atoms with Crippen molar-refractivity contribution in [3.05, 3.63) is 17.5 Å². The third-order valence-corrected chi connectivity index (χ3v) is 2.66. The lowest BCUT2D eigenvalue weighted by molar-refractivity contribution is -0.138. The second kappa shape index (κ2) is 5.47. The summed E-state index contributed by atoms with van der Waals surface area (Å²) in [5.41, 5.74) is 1.18. The first-order chi connectivity index (χ1) is 7.97. The van der Waals surface area contributed by atoms with Crippen LogP contribution < -0.4 is 0 Å². The molecule has 2 N–H and O–H groups in total. The number of hydrogen-bond acceptors (Lipinski definition) is 3. The summed E-state index contributed by atoms with van der Waals surface area (Å²) in [6, 6.07) is -0.334. The zero-order valence-corrected chi connectivity index (χ0v) is 10.2. The van der Waals surface area contributed by atoms with Crippen LogP contribution in [-0.4, -0.2) is 44.7 Å². The van der Waals surface area contributed by atoms with Crippen LogP contribution in [0.1, 0.15) is 36.3 Å². The summed E-state index contributed by atoms with van der Waals surface area (Å²) < 4.78 is 0. The number of carboxylic acid groups (broad SMARTS) is 1. The minimum absolute atomic E-state index is 0.0590. The quantitative estimate of drug-likeness (QED) is 0.803. The van der Waals surface area contributed by atoms with Crippen LogP contribution in [0.15, 0.2) is 6.20 Å². The van der Waals surface area contributed by atoms with Crippen molar-refractivity contribution in [1.82, 2.24) is 15.1 Å². The van der Waals surface area contributed by atoms with Crippen LogP contribution in [0.2, 0.25) is 0 Å². The second-order valence-corrected chi connectivity index (χ2v) is 3.95. The molecule has 1 aromatic rings. The van der Waals surface area contributed by atoms with Gasteiger partial charge in [0.05, 0.1) is 18.2 Å². The van der Waals surface area contributed by atoms with Gasteiger partial charge in [-0.15, -0.1) is 0 Å². The maximum Gasteiger partial charge on any atom is 0.305 e. The molecule has 0 bridgehead atoms. The van der Waals surface area contributed by atoms with E-state index in [2.05, 4.69) is 10.2 Å². The van der Waals surface area contributed by atoms with E-state index >= 15 is 0 Å². The first kappa shape index (κ1) is 13.2. The summed E-state index contributed by atoms with van der Waals surface area (Å²) in [6.45, 7) is 5.78. The standard InChI is InChI=1S/C11H17N3O3/c1-4-14(7(2)5-10(15)16)11(17)9-6-12-13-8(9)3/h6-7H,4-5H2,1-3H3,(H,12,13)(H,15,16). The Morgan fingerprint density at radius 1 is 1.59 bits per heavy atom. The van der Waals surface area contributed by atoms with E-state index in [9.17, 15) is 9.59 Å².